The minimum atomic E-state index is -0.443. The van der Waals surface area contributed by atoms with E-state index < -0.39 is 10.7 Å². The topological polar surface area (TPSA) is 91.6 Å². The van der Waals surface area contributed by atoms with E-state index in [0.29, 0.717) is 37.7 Å². The second-order valence-corrected chi connectivity index (χ2v) is 5.92. The van der Waals surface area contributed by atoms with Crippen LogP contribution >= 0.6 is 0 Å². The first-order valence-corrected chi connectivity index (χ1v) is 8.15. The highest BCUT2D eigenvalue weighted by Gasteiger charge is 2.25. The van der Waals surface area contributed by atoms with Crippen LogP contribution in [0.3, 0.4) is 0 Å². The molecule has 1 saturated heterocycles. The number of carbonyl (C=O) groups is 1. The van der Waals surface area contributed by atoms with E-state index >= 15 is 0 Å². The van der Waals surface area contributed by atoms with Crippen LogP contribution < -0.4 is 10.2 Å². The van der Waals surface area contributed by atoms with Crippen molar-refractivity contribution in [1.29, 1.82) is 0 Å². The number of hydrogen-bond donors (Lipinski definition) is 1. The maximum Gasteiger partial charge on any atom is 0.311 e. The monoisotopic (exact) mass is 359 g/mol. The summed E-state index contributed by atoms with van der Waals surface area (Å²) in [6, 6.07) is 8.69. The Morgan fingerprint density at radius 1 is 1.23 bits per heavy atom. The number of nitro groups is 1. The third-order valence-electron chi connectivity index (χ3n) is 4.11. The zero-order valence-electron chi connectivity index (χ0n) is 14.0. The maximum absolute atomic E-state index is 13.1. The number of hydrogen-bond acceptors (Lipinski definition) is 6. The molecule has 0 spiro atoms. The van der Waals surface area contributed by atoms with E-state index in [4.69, 9.17) is 0 Å². The van der Waals surface area contributed by atoms with Gasteiger partial charge in [0, 0.05) is 44.1 Å². The summed E-state index contributed by atoms with van der Waals surface area (Å²) in [5.41, 5.74) is 0.391. The fraction of sp³-hybridized carbons (Fsp3) is 0.294. The molecule has 3 rings (SSSR count). The molecule has 1 aromatic carbocycles. The Balaban J connectivity index is 1.54. The number of rotatable bonds is 5. The Hall–Kier alpha value is -3.07. The molecule has 136 valence electrons. The van der Waals surface area contributed by atoms with Crippen molar-refractivity contribution < 1.29 is 14.1 Å². The summed E-state index contributed by atoms with van der Waals surface area (Å²) in [4.78, 5) is 30.7. The van der Waals surface area contributed by atoms with E-state index in [0.717, 1.165) is 0 Å². The number of halogens is 1. The highest BCUT2D eigenvalue weighted by Crippen LogP contribution is 2.25. The molecule has 1 amide bonds. The lowest BCUT2D eigenvalue weighted by molar-refractivity contribution is -0.384. The summed E-state index contributed by atoms with van der Waals surface area (Å²) < 4.78 is 13.1. The van der Waals surface area contributed by atoms with E-state index in [2.05, 4.69) is 10.3 Å². The first-order valence-electron chi connectivity index (χ1n) is 8.15. The van der Waals surface area contributed by atoms with Gasteiger partial charge in [-0.2, -0.15) is 0 Å². The van der Waals surface area contributed by atoms with Gasteiger partial charge in [-0.1, -0.05) is 6.07 Å². The van der Waals surface area contributed by atoms with Crippen LogP contribution in [0, 0.1) is 15.9 Å². The molecule has 0 bridgehead atoms. The zero-order valence-corrected chi connectivity index (χ0v) is 14.0. The molecular weight excluding hydrogens is 341 g/mol. The van der Waals surface area contributed by atoms with Crippen molar-refractivity contribution in [3.63, 3.8) is 0 Å². The SMILES string of the molecule is O=C(CN1CCN(c2ncccc2[N+](=O)[O-])CC1)Nc1cccc(F)c1. The second kappa shape index (κ2) is 7.87. The van der Waals surface area contributed by atoms with Crippen molar-refractivity contribution in [3.05, 3.63) is 58.5 Å². The molecule has 26 heavy (non-hydrogen) atoms. The van der Waals surface area contributed by atoms with E-state index in [1.807, 2.05) is 9.80 Å². The lowest BCUT2D eigenvalue weighted by Gasteiger charge is -2.34. The molecule has 0 unspecified atom stereocenters. The van der Waals surface area contributed by atoms with Gasteiger partial charge in [0.2, 0.25) is 11.7 Å². The largest absolute Gasteiger partial charge is 0.348 e. The average molecular weight is 359 g/mol. The van der Waals surface area contributed by atoms with E-state index in [-0.39, 0.29) is 18.1 Å². The molecule has 1 aromatic heterocycles. The molecule has 0 saturated carbocycles. The lowest BCUT2D eigenvalue weighted by Crippen LogP contribution is -2.49. The highest BCUT2D eigenvalue weighted by molar-refractivity contribution is 5.92. The Kier molecular flexibility index (Phi) is 5.37. The summed E-state index contributed by atoms with van der Waals surface area (Å²) in [5, 5.41) is 13.8. The Morgan fingerprint density at radius 2 is 2.00 bits per heavy atom. The van der Waals surface area contributed by atoms with Gasteiger partial charge >= 0.3 is 5.69 Å². The van der Waals surface area contributed by atoms with Crippen molar-refractivity contribution in [1.82, 2.24) is 9.88 Å². The van der Waals surface area contributed by atoms with Crippen LogP contribution in [0.2, 0.25) is 0 Å². The van der Waals surface area contributed by atoms with Crippen molar-refractivity contribution in [2.45, 2.75) is 0 Å². The smallest absolute Gasteiger partial charge is 0.311 e. The van der Waals surface area contributed by atoms with Gasteiger partial charge < -0.3 is 10.2 Å². The molecule has 0 atom stereocenters. The minimum absolute atomic E-state index is 0.0233. The van der Waals surface area contributed by atoms with Crippen LogP contribution in [-0.2, 0) is 4.79 Å². The molecule has 0 radical (unpaired) electrons. The standard InChI is InChI=1S/C17H18FN5O3/c18-13-3-1-4-14(11-13)20-16(24)12-21-7-9-22(10-8-21)17-15(23(25)26)5-2-6-19-17/h1-6,11H,7-10,12H2,(H,20,24). The van der Waals surface area contributed by atoms with E-state index in [9.17, 15) is 19.3 Å². The molecule has 0 aliphatic carbocycles. The summed E-state index contributed by atoms with van der Waals surface area (Å²) in [7, 11) is 0. The fourth-order valence-electron chi connectivity index (χ4n) is 2.86. The number of aromatic nitrogens is 1. The molecule has 8 nitrogen and oxygen atoms in total. The third-order valence-corrected chi connectivity index (χ3v) is 4.11. The molecule has 2 heterocycles. The molecule has 1 N–H and O–H groups in total. The van der Waals surface area contributed by atoms with Crippen LogP contribution in [0.1, 0.15) is 0 Å². The molecular formula is C17H18FN5O3. The van der Waals surface area contributed by atoms with Gasteiger partial charge in [0.25, 0.3) is 0 Å². The number of piperazine rings is 1. The van der Waals surface area contributed by atoms with Crippen molar-refractivity contribution >= 4 is 23.1 Å². The quantitative estimate of drug-likeness (QED) is 0.647. The predicted octanol–water partition coefficient (Wildman–Crippen LogP) is 1.89. The van der Waals surface area contributed by atoms with Gasteiger partial charge in [-0.25, -0.2) is 9.37 Å². The minimum Gasteiger partial charge on any atom is -0.348 e. The van der Waals surface area contributed by atoms with Crippen LogP contribution in [0.4, 0.5) is 21.6 Å². The van der Waals surface area contributed by atoms with Crippen molar-refractivity contribution in [2.75, 3.05) is 42.9 Å². The number of pyridine rings is 1. The number of carbonyl (C=O) groups excluding carboxylic acids is 1. The van der Waals surface area contributed by atoms with Crippen molar-refractivity contribution in [2.24, 2.45) is 0 Å². The molecule has 1 fully saturated rings. The van der Waals surface area contributed by atoms with Crippen LogP contribution in [-0.4, -0.2) is 53.4 Å². The lowest BCUT2D eigenvalue weighted by atomic mass is 10.2. The van der Waals surface area contributed by atoms with Gasteiger partial charge in [0.1, 0.15) is 5.82 Å². The fourth-order valence-corrected chi connectivity index (χ4v) is 2.86. The molecule has 2 aromatic rings. The van der Waals surface area contributed by atoms with Crippen LogP contribution in [0.5, 0.6) is 0 Å². The van der Waals surface area contributed by atoms with Gasteiger partial charge in [-0.15, -0.1) is 0 Å². The number of amides is 1. The molecule has 9 heteroatoms. The average Bonchev–Trinajstić information content (AvgIpc) is 2.62. The molecule has 1 aliphatic heterocycles. The van der Waals surface area contributed by atoms with Crippen LogP contribution in [0.15, 0.2) is 42.6 Å². The van der Waals surface area contributed by atoms with Gasteiger partial charge in [-0.3, -0.25) is 19.8 Å². The Labute approximate surface area is 149 Å². The predicted molar refractivity (Wildman–Crippen MR) is 94.6 cm³/mol. The van der Waals surface area contributed by atoms with E-state index in [1.54, 1.807) is 6.07 Å². The van der Waals surface area contributed by atoms with Crippen LogP contribution in [0.25, 0.3) is 0 Å². The summed E-state index contributed by atoms with van der Waals surface area (Å²) in [5.74, 6) is -0.289. The number of benzene rings is 1. The summed E-state index contributed by atoms with van der Waals surface area (Å²) >= 11 is 0. The Bertz CT molecular complexity index is 808. The maximum atomic E-state index is 13.1. The third kappa shape index (κ3) is 4.31. The Morgan fingerprint density at radius 3 is 2.69 bits per heavy atom. The number of anilines is 2. The molecule has 1 aliphatic rings. The van der Waals surface area contributed by atoms with E-state index in [1.165, 1.54) is 36.5 Å². The van der Waals surface area contributed by atoms with Crippen molar-refractivity contribution in [3.8, 4) is 0 Å². The zero-order chi connectivity index (χ0) is 18.5. The normalized spacial score (nSPS) is 14.9. The van der Waals surface area contributed by atoms with Gasteiger partial charge in [-0.05, 0) is 24.3 Å². The van der Waals surface area contributed by atoms with Gasteiger partial charge in [0.05, 0.1) is 11.5 Å². The first-order chi connectivity index (χ1) is 12.5. The van der Waals surface area contributed by atoms with Gasteiger partial charge in [0.15, 0.2) is 0 Å². The number of nitrogens with one attached hydrogen (secondary N) is 1. The first kappa shape index (κ1) is 17.7. The highest BCUT2D eigenvalue weighted by atomic mass is 19.1. The summed E-state index contributed by atoms with van der Waals surface area (Å²) in [6.45, 7) is 2.39. The number of nitrogens with zero attached hydrogens (tertiary/aromatic N) is 4. The second-order valence-electron chi connectivity index (χ2n) is 5.92. The summed E-state index contributed by atoms with van der Waals surface area (Å²) in [6.07, 6.45) is 1.53.